The largest absolute Gasteiger partial charge is 0.466 e. The minimum atomic E-state index is -0.0382. The summed E-state index contributed by atoms with van der Waals surface area (Å²) in [5, 5.41) is 0. The van der Waals surface area contributed by atoms with Crippen molar-refractivity contribution >= 4 is 5.97 Å². The molecule has 0 aliphatic carbocycles. The van der Waals surface area contributed by atoms with E-state index >= 15 is 0 Å². The van der Waals surface area contributed by atoms with E-state index in [9.17, 15) is 4.79 Å². The Labute approximate surface area is 87.6 Å². The van der Waals surface area contributed by atoms with E-state index in [1.54, 1.807) is 0 Å². The average molecular weight is 218 g/mol. The fourth-order valence-electron chi connectivity index (χ4n) is 0.819. The van der Waals surface area contributed by atoms with Gasteiger partial charge in [0.25, 0.3) is 0 Å². The summed E-state index contributed by atoms with van der Waals surface area (Å²) in [5.74, 6) is 0.500. The van der Waals surface area contributed by atoms with Crippen molar-refractivity contribution in [2.24, 2.45) is 5.92 Å². The molecule has 1 rings (SSSR count). The molecule has 1 radical (unpaired) electrons. The number of ether oxygens (including phenoxy) is 1. The van der Waals surface area contributed by atoms with Crippen molar-refractivity contribution < 1.29 is 42.2 Å². The quantitative estimate of drug-likeness (QED) is 0.454. The van der Waals surface area contributed by atoms with Crippen LogP contribution in [-0.2, 0) is 42.2 Å². The zero-order chi connectivity index (χ0) is 5.98. The fraction of sp³-hybridized carbons (Fsp3) is 0.714. The summed E-state index contributed by atoms with van der Waals surface area (Å²) < 4.78 is 4.71. The molecular formula is C7H13O2Y-. The van der Waals surface area contributed by atoms with Crippen LogP contribution in [0, 0.1) is 13.3 Å². The Morgan fingerprint density at radius 1 is 1.60 bits per heavy atom. The Kier molecular flexibility index (Phi) is 8.30. The zero-order valence-corrected chi connectivity index (χ0v) is 9.43. The Hall–Kier alpha value is 0.574. The van der Waals surface area contributed by atoms with Crippen molar-refractivity contribution in [2.45, 2.75) is 19.8 Å². The predicted octanol–water partition coefficient (Wildman–Crippen LogP) is 1.41. The monoisotopic (exact) mass is 218 g/mol. The molecule has 1 aliphatic heterocycles. The molecule has 0 aromatic heterocycles. The van der Waals surface area contributed by atoms with Crippen molar-refractivity contribution in [3.8, 4) is 0 Å². The van der Waals surface area contributed by atoms with Crippen molar-refractivity contribution in [3.63, 3.8) is 0 Å². The second kappa shape index (κ2) is 6.29. The Morgan fingerprint density at radius 2 is 2.20 bits per heavy atom. The van der Waals surface area contributed by atoms with Gasteiger partial charge in [-0.15, -0.1) is 0 Å². The molecule has 1 atom stereocenters. The molecule has 0 saturated carbocycles. The molecule has 0 bridgehead atoms. The minimum absolute atomic E-state index is 0. The van der Waals surface area contributed by atoms with Gasteiger partial charge in [-0.1, -0.05) is 6.92 Å². The summed E-state index contributed by atoms with van der Waals surface area (Å²) in [5.41, 5.74) is 0. The molecule has 57 valence electrons. The van der Waals surface area contributed by atoms with Gasteiger partial charge in [-0.3, -0.25) is 4.79 Å². The van der Waals surface area contributed by atoms with Gasteiger partial charge in [-0.05, 0) is 12.3 Å². The Morgan fingerprint density at radius 3 is 2.50 bits per heavy atom. The third-order valence-electron chi connectivity index (χ3n) is 1.39. The van der Waals surface area contributed by atoms with E-state index in [4.69, 9.17) is 4.74 Å². The minimum Gasteiger partial charge on any atom is -0.466 e. The van der Waals surface area contributed by atoms with Gasteiger partial charge in [0.1, 0.15) is 0 Å². The third-order valence-corrected chi connectivity index (χ3v) is 1.39. The normalized spacial score (nSPS) is 23.7. The summed E-state index contributed by atoms with van der Waals surface area (Å²) in [4.78, 5) is 10.5. The number of rotatable bonds is 0. The van der Waals surface area contributed by atoms with E-state index in [2.05, 4.69) is 6.92 Å². The summed E-state index contributed by atoms with van der Waals surface area (Å²) in [6.07, 6.45) is 1.64. The molecule has 0 aromatic rings. The van der Waals surface area contributed by atoms with E-state index < -0.39 is 0 Å². The third kappa shape index (κ3) is 4.40. The first-order valence-corrected chi connectivity index (χ1v) is 2.94. The Balaban J connectivity index is 0. The molecule has 0 spiro atoms. The number of carbonyl (C=O) groups excluding carboxylic acids is 1. The zero-order valence-electron chi connectivity index (χ0n) is 6.59. The van der Waals surface area contributed by atoms with Crippen LogP contribution in [0.5, 0.6) is 0 Å². The first kappa shape index (κ1) is 13.2. The van der Waals surface area contributed by atoms with Gasteiger partial charge in [-0.25, -0.2) is 0 Å². The first-order chi connectivity index (χ1) is 3.79. The van der Waals surface area contributed by atoms with Gasteiger partial charge >= 0.3 is 5.97 Å². The molecule has 3 heteroatoms. The molecule has 1 unspecified atom stereocenters. The van der Waals surface area contributed by atoms with E-state index in [1.165, 1.54) is 0 Å². The average Bonchev–Trinajstić information content (AvgIpc) is 1.64. The summed E-state index contributed by atoms with van der Waals surface area (Å²) in [7, 11) is 0. The second-order valence-electron chi connectivity index (χ2n) is 2.32. The van der Waals surface area contributed by atoms with E-state index in [0.717, 1.165) is 6.42 Å². The van der Waals surface area contributed by atoms with Crippen molar-refractivity contribution in [1.29, 1.82) is 0 Å². The molecule has 0 amide bonds. The van der Waals surface area contributed by atoms with Crippen molar-refractivity contribution in [2.75, 3.05) is 6.61 Å². The van der Waals surface area contributed by atoms with Gasteiger partial charge in [0.2, 0.25) is 0 Å². The van der Waals surface area contributed by atoms with Gasteiger partial charge in [0.15, 0.2) is 0 Å². The number of hydrogen-bond donors (Lipinski definition) is 0. The Bertz CT molecular complexity index is 104. The molecule has 1 fully saturated rings. The van der Waals surface area contributed by atoms with Crippen molar-refractivity contribution in [1.82, 2.24) is 0 Å². The number of hydrogen-bond acceptors (Lipinski definition) is 2. The van der Waals surface area contributed by atoms with Gasteiger partial charge < -0.3 is 12.2 Å². The van der Waals surface area contributed by atoms with E-state index in [-0.39, 0.29) is 46.1 Å². The molecule has 2 nitrogen and oxygen atoms in total. The molecular weight excluding hydrogens is 205 g/mol. The topological polar surface area (TPSA) is 26.3 Å². The van der Waals surface area contributed by atoms with Crippen LogP contribution in [0.4, 0.5) is 0 Å². The van der Waals surface area contributed by atoms with Gasteiger partial charge in [0.05, 0.1) is 6.61 Å². The van der Waals surface area contributed by atoms with E-state index in [0.29, 0.717) is 18.9 Å². The van der Waals surface area contributed by atoms with Crippen LogP contribution >= 0.6 is 0 Å². The molecule has 1 aliphatic rings. The summed E-state index contributed by atoms with van der Waals surface area (Å²) in [6.45, 7) is 2.69. The van der Waals surface area contributed by atoms with Crippen LogP contribution in [0.2, 0.25) is 0 Å². The van der Waals surface area contributed by atoms with Crippen LogP contribution in [0.1, 0.15) is 19.8 Å². The number of esters is 1. The second-order valence-corrected chi connectivity index (χ2v) is 2.32. The maximum absolute atomic E-state index is 10.5. The van der Waals surface area contributed by atoms with Crippen LogP contribution in [0.3, 0.4) is 0 Å². The number of carbonyl (C=O) groups is 1. The van der Waals surface area contributed by atoms with Crippen LogP contribution < -0.4 is 0 Å². The standard InChI is InChI=1S/C6H10O2.CH3.Y/c1-5-2-3-8-6(7)4-5;;/h5H,2-4H2,1H3;1H3;/q;-1;. The van der Waals surface area contributed by atoms with Crippen LogP contribution in [0.15, 0.2) is 0 Å². The summed E-state index contributed by atoms with van der Waals surface area (Å²) in [6, 6.07) is 0. The van der Waals surface area contributed by atoms with Crippen LogP contribution in [0.25, 0.3) is 0 Å². The number of cyclic esters (lactones) is 1. The van der Waals surface area contributed by atoms with Gasteiger partial charge in [-0.2, -0.15) is 0 Å². The molecule has 0 N–H and O–H groups in total. The maximum atomic E-state index is 10.5. The molecule has 1 saturated heterocycles. The van der Waals surface area contributed by atoms with Crippen LogP contribution in [-0.4, -0.2) is 12.6 Å². The van der Waals surface area contributed by atoms with Gasteiger partial charge in [0, 0.05) is 39.1 Å². The first-order valence-electron chi connectivity index (χ1n) is 2.94. The predicted molar refractivity (Wildman–Crippen MR) is 35.8 cm³/mol. The summed E-state index contributed by atoms with van der Waals surface area (Å²) >= 11 is 0. The molecule has 1 heterocycles. The van der Waals surface area contributed by atoms with E-state index in [1.807, 2.05) is 0 Å². The molecule has 0 aromatic carbocycles. The van der Waals surface area contributed by atoms with Crippen molar-refractivity contribution in [3.05, 3.63) is 7.43 Å². The fourth-order valence-corrected chi connectivity index (χ4v) is 0.819. The molecule has 10 heavy (non-hydrogen) atoms. The maximum Gasteiger partial charge on any atom is 0.306 e. The smallest absolute Gasteiger partial charge is 0.306 e. The SMILES string of the molecule is CC1CCOC(=O)C1.[CH3-].[Y].